The standard InChI is InChI=1S/C11H12ClN5O/c1-2-6-9(13)10(17-16-6)11(18)15-8-5-3-4-7(12)14-8/h3-5H,2,13H2,1H3,(H,16,17)(H,14,15,18). The Morgan fingerprint density at radius 3 is 2.94 bits per heavy atom. The second kappa shape index (κ2) is 5.05. The summed E-state index contributed by atoms with van der Waals surface area (Å²) in [6.45, 7) is 1.92. The van der Waals surface area contributed by atoms with Gasteiger partial charge in [-0.3, -0.25) is 9.89 Å². The van der Waals surface area contributed by atoms with Crippen molar-refractivity contribution in [2.24, 2.45) is 0 Å². The van der Waals surface area contributed by atoms with Crippen LogP contribution in [0.3, 0.4) is 0 Å². The number of pyridine rings is 1. The minimum atomic E-state index is -0.418. The second-order valence-corrected chi connectivity index (χ2v) is 4.00. The van der Waals surface area contributed by atoms with E-state index in [9.17, 15) is 4.79 Å². The van der Waals surface area contributed by atoms with Gasteiger partial charge in [0, 0.05) is 0 Å². The van der Waals surface area contributed by atoms with Crippen LogP contribution in [0.5, 0.6) is 0 Å². The van der Waals surface area contributed by atoms with Crippen molar-refractivity contribution in [2.45, 2.75) is 13.3 Å². The molecule has 0 saturated carbocycles. The summed E-state index contributed by atoms with van der Waals surface area (Å²) in [5, 5.41) is 9.48. The number of aryl methyl sites for hydroxylation is 1. The first-order valence-corrected chi connectivity index (χ1v) is 5.76. The fourth-order valence-corrected chi connectivity index (χ4v) is 1.65. The Morgan fingerprint density at radius 1 is 1.56 bits per heavy atom. The van der Waals surface area contributed by atoms with Crippen LogP contribution in [0.1, 0.15) is 23.1 Å². The lowest BCUT2D eigenvalue weighted by molar-refractivity contribution is 0.102. The van der Waals surface area contributed by atoms with E-state index in [1.165, 1.54) is 0 Å². The molecular weight excluding hydrogens is 254 g/mol. The van der Waals surface area contributed by atoms with Gasteiger partial charge < -0.3 is 11.1 Å². The number of carbonyl (C=O) groups excluding carboxylic acids is 1. The monoisotopic (exact) mass is 265 g/mol. The summed E-state index contributed by atoms with van der Waals surface area (Å²) in [6, 6.07) is 4.94. The number of nitrogens with two attached hydrogens (primary N) is 1. The SMILES string of the molecule is CCc1[nH]nc(C(=O)Nc2cccc(Cl)n2)c1N. The van der Waals surface area contributed by atoms with Crippen LogP contribution in [0.2, 0.25) is 5.15 Å². The van der Waals surface area contributed by atoms with Crippen LogP contribution < -0.4 is 11.1 Å². The predicted molar refractivity (Wildman–Crippen MR) is 69.6 cm³/mol. The van der Waals surface area contributed by atoms with Crippen molar-refractivity contribution in [1.29, 1.82) is 0 Å². The number of nitrogens with zero attached hydrogens (tertiary/aromatic N) is 2. The predicted octanol–water partition coefficient (Wildman–Crippen LogP) is 1.85. The molecule has 0 aliphatic carbocycles. The number of nitrogens with one attached hydrogen (secondary N) is 2. The lowest BCUT2D eigenvalue weighted by Gasteiger charge is -2.03. The number of halogens is 1. The van der Waals surface area contributed by atoms with E-state index in [0.717, 1.165) is 5.69 Å². The Morgan fingerprint density at radius 2 is 2.33 bits per heavy atom. The summed E-state index contributed by atoms with van der Waals surface area (Å²) in [5.41, 5.74) is 7.05. The first-order chi connectivity index (χ1) is 8.61. The van der Waals surface area contributed by atoms with Crippen LogP contribution in [0, 0.1) is 0 Å². The number of rotatable bonds is 3. The van der Waals surface area contributed by atoms with Crippen LogP contribution in [0.15, 0.2) is 18.2 Å². The molecule has 0 bridgehead atoms. The van der Waals surface area contributed by atoms with E-state index in [1.807, 2.05) is 6.92 Å². The Kier molecular flexibility index (Phi) is 3.47. The second-order valence-electron chi connectivity index (χ2n) is 3.62. The number of hydrogen-bond donors (Lipinski definition) is 3. The van der Waals surface area contributed by atoms with Crippen LogP contribution in [-0.4, -0.2) is 21.1 Å². The maximum Gasteiger partial charge on any atom is 0.279 e. The molecule has 0 aliphatic rings. The van der Waals surface area contributed by atoms with Crippen molar-refractivity contribution >= 4 is 29.0 Å². The van der Waals surface area contributed by atoms with Gasteiger partial charge in [0.05, 0.1) is 11.4 Å². The van der Waals surface area contributed by atoms with Gasteiger partial charge in [-0.2, -0.15) is 5.10 Å². The highest BCUT2D eigenvalue weighted by Gasteiger charge is 2.16. The Labute approximate surface area is 109 Å². The highest BCUT2D eigenvalue weighted by molar-refractivity contribution is 6.29. The van der Waals surface area contributed by atoms with Crippen LogP contribution in [0.4, 0.5) is 11.5 Å². The molecule has 0 spiro atoms. The number of carbonyl (C=O) groups is 1. The largest absolute Gasteiger partial charge is 0.395 e. The normalized spacial score (nSPS) is 10.3. The molecule has 0 aliphatic heterocycles. The molecule has 7 heteroatoms. The molecule has 0 aromatic carbocycles. The number of anilines is 2. The molecule has 0 saturated heterocycles. The molecule has 6 nitrogen and oxygen atoms in total. The van der Waals surface area contributed by atoms with E-state index in [4.69, 9.17) is 17.3 Å². The molecule has 2 rings (SSSR count). The van der Waals surface area contributed by atoms with Gasteiger partial charge in [0.15, 0.2) is 5.69 Å². The van der Waals surface area contributed by atoms with E-state index < -0.39 is 5.91 Å². The minimum absolute atomic E-state index is 0.161. The third-order valence-corrected chi connectivity index (χ3v) is 2.62. The first kappa shape index (κ1) is 12.4. The number of aromatic amines is 1. The summed E-state index contributed by atoms with van der Waals surface area (Å²) in [4.78, 5) is 15.9. The lowest BCUT2D eigenvalue weighted by atomic mass is 10.2. The third-order valence-electron chi connectivity index (χ3n) is 2.41. The van der Waals surface area contributed by atoms with Gasteiger partial charge in [0.2, 0.25) is 0 Å². The maximum atomic E-state index is 11.9. The molecule has 0 fully saturated rings. The molecule has 94 valence electrons. The zero-order valence-corrected chi connectivity index (χ0v) is 10.5. The van der Waals surface area contributed by atoms with E-state index in [0.29, 0.717) is 23.1 Å². The van der Waals surface area contributed by atoms with Gasteiger partial charge in [0.25, 0.3) is 5.91 Å². The zero-order valence-electron chi connectivity index (χ0n) is 9.70. The fraction of sp³-hybridized carbons (Fsp3) is 0.182. The van der Waals surface area contributed by atoms with Crippen LogP contribution in [0.25, 0.3) is 0 Å². The molecular formula is C11H12ClN5O. The smallest absolute Gasteiger partial charge is 0.279 e. The Balaban J connectivity index is 2.19. The Hall–Kier alpha value is -2.08. The van der Waals surface area contributed by atoms with Gasteiger partial charge >= 0.3 is 0 Å². The number of hydrogen-bond acceptors (Lipinski definition) is 4. The number of nitrogen functional groups attached to an aromatic ring is 1. The van der Waals surface area contributed by atoms with E-state index >= 15 is 0 Å². The van der Waals surface area contributed by atoms with Gasteiger partial charge in [-0.1, -0.05) is 24.6 Å². The van der Waals surface area contributed by atoms with Crippen molar-refractivity contribution in [3.05, 3.63) is 34.7 Å². The van der Waals surface area contributed by atoms with Crippen molar-refractivity contribution in [3.63, 3.8) is 0 Å². The average Bonchev–Trinajstić information content (AvgIpc) is 2.70. The molecule has 0 radical (unpaired) electrons. The van der Waals surface area contributed by atoms with Crippen molar-refractivity contribution < 1.29 is 4.79 Å². The molecule has 1 amide bonds. The summed E-state index contributed by atoms with van der Waals surface area (Å²) in [5.74, 6) is -0.0637. The van der Waals surface area contributed by atoms with Gasteiger partial charge in [-0.05, 0) is 18.6 Å². The first-order valence-electron chi connectivity index (χ1n) is 5.38. The van der Waals surface area contributed by atoms with Crippen LogP contribution in [-0.2, 0) is 6.42 Å². The number of amides is 1. The molecule has 0 unspecified atom stereocenters. The van der Waals surface area contributed by atoms with Gasteiger partial charge in [-0.25, -0.2) is 4.98 Å². The topological polar surface area (TPSA) is 96.7 Å². The molecule has 4 N–H and O–H groups in total. The molecule has 2 aromatic rings. The number of aromatic nitrogens is 3. The van der Waals surface area contributed by atoms with Gasteiger partial charge in [-0.15, -0.1) is 0 Å². The van der Waals surface area contributed by atoms with E-state index in [-0.39, 0.29) is 5.69 Å². The lowest BCUT2D eigenvalue weighted by Crippen LogP contribution is -2.15. The fourth-order valence-electron chi connectivity index (χ4n) is 1.48. The highest BCUT2D eigenvalue weighted by Crippen LogP contribution is 2.16. The Bertz CT molecular complexity index is 581. The summed E-state index contributed by atoms with van der Waals surface area (Å²) in [7, 11) is 0. The highest BCUT2D eigenvalue weighted by atomic mass is 35.5. The molecule has 2 heterocycles. The third kappa shape index (κ3) is 2.43. The quantitative estimate of drug-likeness (QED) is 0.738. The van der Waals surface area contributed by atoms with Crippen molar-refractivity contribution in [2.75, 3.05) is 11.1 Å². The minimum Gasteiger partial charge on any atom is -0.395 e. The zero-order chi connectivity index (χ0) is 13.1. The molecule has 2 aromatic heterocycles. The molecule has 18 heavy (non-hydrogen) atoms. The van der Waals surface area contributed by atoms with Gasteiger partial charge in [0.1, 0.15) is 11.0 Å². The van der Waals surface area contributed by atoms with Crippen LogP contribution >= 0.6 is 11.6 Å². The molecule has 0 atom stereocenters. The average molecular weight is 266 g/mol. The van der Waals surface area contributed by atoms with Crippen molar-refractivity contribution in [1.82, 2.24) is 15.2 Å². The van der Waals surface area contributed by atoms with Crippen molar-refractivity contribution in [3.8, 4) is 0 Å². The summed E-state index contributed by atoms with van der Waals surface area (Å²) >= 11 is 5.72. The summed E-state index contributed by atoms with van der Waals surface area (Å²) < 4.78 is 0. The van der Waals surface area contributed by atoms with E-state index in [1.54, 1.807) is 18.2 Å². The van der Waals surface area contributed by atoms with E-state index in [2.05, 4.69) is 20.5 Å². The maximum absolute atomic E-state index is 11.9. The summed E-state index contributed by atoms with van der Waals surface area (Å²) in [6.07, 6.45) is 0.682. The number of H-pyrrole nitrogens is 1.